The summed E-state index contributed by atoms with van der Waals surface area (Å²) in [6.45, 7) is 3.61. The number of aliphatic hydroxyl groups is 1. The summed E-state index contributed by atoms with van der Waals surface area (Å²) < 4.78 is 39.2. The Kier molecular flexibility index (Phi) is 6.76. The first-order valence-corrected chi connectivity index (χ1v) is 7.31. The largest absolute Gasteiger partial charge is 0.416 e. The monoisotopic (exact) mass is 350 g/mol. The van der Waals surface area contributed by atoms with Gasteiger partial charge in [0.1, 0.15) is 0 Å². The molecule has 5 heteroatoms. The third-order valence-corrected chi connectivity index (χ3v) is 3.56. The maximum Gasteiger partial charge on any atom is 0.416 e. The van der Waals surface area contributed by atoms with Crippen molar-refractivity contribution in [3.8, 4) is 0 Å². The predicted molar refractivity (Wildman–Crippen MR) is 77.4 cm³/mol. The molecular weight excluding hydrogens is 333 g/mol. The summed E-state index contributed by atoms with van der Waals surface area (Å²) in [5.41, 5.74) is -0.824. The van der Waals surface area contributed by atoms with E-state index in [1.807, 2.05) is 6.08 Å². The second kappa shape index (κ2) is 7.84. The minimum absolute atomic E-state index is 0.0515. The van der Waals surface area contributed by atoms with E-state index in [1.165, 1.54) is 12.1 Å². The summed E-state index contributed by atoms with van der Waals surface area (Å²) in [5.74, 6) is 0. The van der Waals surface area contributed by atoms with Crippen LogP contribution < -0.4 is 0 Å². The number of benzene rings is 1. The van der Waals surface area contributed by atoms with E-state index in [0.29, 0.717) is 17.3 Å². The van der Waals surface area contributed by atoms with Crippen molar-refractivity contribution in [1.82, 2.24) is 0 Å². The molecule has 0 saturated carbocycles. The topological polar surface area (TPSA) is 20.2 Å². The van der Waals surface area contributed by atoms with Gasteiger partial charge in [-0.25, -0.2) is 0 Å². The maximum atomic E-state index is 12.9. The number of halogens is 4. The summed E-state index contributed by atoms with van der Waals surface area (Å²) in [6, 6.07) is 3.86. The molecule has 0 aliphatic heterocycles. The van der Waals surface area contributed by atoms with Gasteiger partial charge in [-0.2, -0.15) is 13.2 Å². The Hall–Kier alpha value is -0.810. The van der Waals surface area contributed by atoms with Crippen molar-refractivity contribution < 1.29 is 18.3 Å². The molecule has 1 rings (SSSR count). The Morgan fingerprint density at radius 1 is 1.25 bits per heavy atom. The molecule has 0 spiro atoms. The van der Waals surface area contributed by atoms with Crippen LogP contribution in [0.5, 0.6) is 0 Å². The number of hydrogen-bond donors (Lipinski definition) is 1. The third-order valence-electron chi connectivity index (χ3n) is 3.07. The number of aliphatic hydroxyl groups excluding tert-OH is 1. The number of alkyl halides is 3. The van der Waals surface area contributed by atoms with Gasteiger partial charge in [0.05, 0.1) is 11.7 Å². The van der Waals surface area contributed by atoms with Crippen molar-refractivity contribution in [2.45, 2.75) is 44.4 Å². The van der Waals surface area contributed by atoms with Crippen LogP contribution in [0.4, 0.5) is 13.2 Å². The van der Waals surface area contributed by atoms with E-state index in [9.17, 15) is 18.3 Å². The fraction of sp³-hybridized carbons (Fsp3) is 0.467. The van der Waals surface area contributed by atoms with Gasteiger partial charge >= 0.3 is 6.18 Å². The molecule has 0 saturated heterocycles. The van der Waals surface area contributed by atoms with Crippen LogP contribution in [0.15, 0.2) is 35.3 Å². The zero-order chi connectivity index (χ0) is 15.2. The summed E-state index contributed by atoms with van der Waals surface area (Å²) in [5, 5.41) is 9.98. The molecule has 20 heavy (non-hydrogen) atoms. The first-order valence-electron chi connectivity index (χ1n) is 6.52. The van der Waals surface area contributed by atoms with Crippen LogP contribution in [0.3, 0.4) is 0 Å². The molecule has 0 aliphatic carbocycles. The molecule has 1 nitrogen and oxygen atoms in total. The molecule has 1 aromatic rings. The van der Waals surface area contributed by atoms with Crippen molar-refractivity contribution in [1.29, 1.82) is 0 Å². The molecule has 0 amide bonds. The van der Waals surface area contributed by atoms with Gasteiger partial charge in [0.2, 0.25) is 0 Å². The quantitative estimate of drug-likeness (QED) is 0.498. The summed E-state index contributed by atoms with van der Waals surface area (Å²) in [7, 11) is 0. The van der Waals surface area contributed by atoms with E-state index in [2.05, 4.69) is 22.5 Å². The summed E-state index contributed by atoms with van der Waals surface area (Å²) in [6.07, 6.45) is 0.0229. The molecule has 0 aromatic heterocycles. The molecule has 0 aliphatic rings. The lowest BCUT2D eigenvalue weighted by molar-refractivity contribution is -0.139. The molecule has 0 heterocycles. The van der Waals surface area contributed by atoms with Gasteiger partial charge in [0.25, 0.3) is 0 Å². The van der Waals surface area contributed by atoms with Gasteiger partial charge in [-0.3, -0.25) is 0 Å². The lowest BCUT2D eigenvalue weighted by Gasteiger charge is -2.18. The molecule has 112 valence electrons. The molecule has 1 N–H and O–H groups in total. The van der Waals surface area contributed by atoms with E-state index in [4.69, 9.17) is 0 Å². The van der Waals surface area contributed by atoms with Crippen LogP contribution in [0.2, 0.25) is 0 Å². The second-order valence-corrected chi connectivity index (χ2v) is 5.59. The highest BCUT2D eigenvalue weighted by atomic mass is 79.9. The summed E-state index contributed by atoms with van der Waals surface area (Å²) in [4.78, 5) is 0. The zero-order valence-corrected chi connectivity index (χ0v) is 12.7. The highest BCUT2D eigenvalue weighted by Gasteiger charge is 2.35. The van der Waals surface area contributed by atoms with Crippen LogP contribution in [0, 0.1) is 0 Å². The number of hydrogen-bond acceptors (Lipinski definition) is 1. The van der Waals surface area contributed by atoms with Crippen LogP contribution in [-0.2, 0) is 6.18 Å². The van der Waals surface area contributed by atoms with Crippen molar-refractivity contribution in [2.75, 3.05) is 0 Å². The Morgan fingerprint density at radius 3 is 2.55 bits per heavy atom. The average molecular weight is 351 g/mol. The SMILES string of the molecule is C=CCCCCCC(O)c1ccc(Br)cc1C(F)(F)F. The Labute approximate surface area is 125 Å². The van der Waals surface area contributed by atoms with Crippen molar-refractivity contribution in [3.63, 3.8) is 0 Å². The minimum atomic E-state index is -4.46. The van der Waals surface area contributed by atoms with E-state index >= 15 is 0 Å². The standard InChI is InChI=1S/C15H18BrF3O/c1-2-3-4-5-6-7-14(20)12-9-8-11(16)10-13(12)15(17,18)19/h2,8-10,14,20H,1,3-7H2. The molecule has 1 atom stereocenters. The molecule has 0 bridgehead atoms. The number of rotatable bonds is 7. The lowest BCUT2D eigenvalue weighted by atomic mass is 9.97. The lowest BCUT2D eigenvalue weighted by Crippen LogP contribution is -2.12. The average Bonchev–Trinajstić information content (AvgIpc) is 2.37. The molecule has 1 unspecified atom stereocenters. The van der Waals surface area contributed by atoms with Crippen molar-refractivity contribution >= 4 is 15.9 Å². The highest BCUT2D eigenvalue weighted by molar-refractivity contribution is 9.10. The normalized spacial score (nSPS) is 13.2. The molecule has 0 radical (unpaired) electrons. The minimum Gasteiger partial charge on any atom is -0.388 e. The Balaban J connectivity index is 2.72. The van der Waals surface area contributed by atoms with E-state index in [1.54, 1.807) is 0 Å². The van der Waals surface area contributed by atoms with Gasteiger partial charge in [0.15, 0.2) is 0 Å². The molecule has 1 aromatic carbocycles. The summed E-state index contributed by atoms with van der Waals surface area (Å²) >= 11 is 3.03. The predicted octanol–water partition coefficient (Wildman–Crippen LogP) is 5.64. The van der Waals surface area contributed by atoms with Gasteiger partial charge in [0, 0.05) is 4.47 Å². The van der Waals surface area contributed by atoms with Crippen LogP contribution in [-0.4, -0.2) is 5.11 Å². The van der Waals surface area contributed by atoms with Crippen LogP contribution in [0.25, 0.3) is 0 Å². The van der Waals surface area contributed by atoms with Gasteiger partial charge in [-0.1, -0.05) is 40.9 Å². The number of unbranched alkanes of at least 4 members (excludes halogenated alkanes) is 3. The Morgan fingerprint density at radius 2 is 1.95 bits per heavy atom. The smallest absolute Gasteiger partial charge is 0.388 e. The Bertz CT molecular complexity index is 443. The number of allylic oxidation sites excluding steroid dienone is 1. The zero-order valence-electron chi connectivity index (χ0n) is 11.1. The van der Waals surface area contributed by atoms with Gasteiger partial charge < -0.3 is 5.11 Å². The van der Waals surface area contributed by atoms with Gasteiger partial charge in [-0.15, -0.1) is 6.58 Å². The second-order valence-electron chi connectivity index (χ2n) is 4.67. The van der Waals surface area contributed by atoms with Crippen molar-refractivity contribution in [2.24, 2.45) is 0 Å². The maximum absolute atomic E-state index is 12.9. The fourth-order valence-electron chi connectivity index (χ4n) is 2.02. The molecular formula is C15H18BrF3O. The van der Waals surface area contributed by atoms with Crippen LogP contribution in [0.1, 0.15) is 49.3 Å². The van der Waals surface area contributed by atoms with Crippen molar-refractivity contribution in [3.05, 3.63) is 46.5 Å². The highest BCUT2D eigenvalue weighted by Crippen LogP contribution is 2.37. The van der Waals surface area contributed by atoms with E-state index in [0.717, 1.165) is 25.3 Å². The molecule has 0 fully saturated rings. The van der Waals surface area contributed by atoms with Crippen LogP contribution >= 0.6 is 15.9 Å². The fourth-order valence-corrected chi connectivity index (χ4v) is 2.38. The van der Waals surface area contributed by atoms with E-state index in [-0.39, 0.29) is 5.56 Å². The van der Waals surface area contributed by atoms with Gasteiger partial charge in [-0.05, 0) is 37.0 Å². The first-order chi connectivity index (χ1) is 9.36. The van der Waals surface area contributed by atoms with E-state index < -0.39 is 17.8 Å². The first kappa shape index (κ1) is 17.2. The third kappa shape index (κ3) is 5.29.